The molecule has 1 heterocycles. The summed E-state index contributed by atoms with van der Waals surface area (Å²) in [5.41, 5.74) is 0. The van der Waals surface area contributed by atoms with Crippen LogP contribution in [0.4, 0.5) is 0 Å². The van der Waals surface area contributed by atoms with Crippen molar-refractivity contribution in [1.29, 1.82) is 0 Å². The van der Waals surface area contributed by atoms with Crippen LogP contribution in [0, 0.1) is 0 Å². The topological polar surface area (TPSA) is 157 Å². The molecule has 2 amide bonds. The maximum atomic E-state index is 13.8. The number of ether oxygens (including phenoxy) is 1. The predicted molar refractivity (Wildman–Crippen MR) is 209 cm³/mol. The zero-order chi connectivity index (χ0) is 38.2. The average Bonchev–Trinajstić information content (AvgIpc) is 3.13. The van der Waals surface area contributed by atoms with Crippen molar-refractivity contribution in [1.82, 2.24) is 10.2 Å². The Bertz CT molecular complexity index is 890. The second kappa shape index (κ2) is 32.7. The largest absolute Gasteiger partial charge is 0.481 e. The number of aliphatic hydroxyl groups is 3. The Morgan fingerprint density at radius 3 is 1.40 bits per heavy atom. The fourth-order valence-corrected chi connectivity index (χ4v) is 7.29. The van der Waals surface area contributed by atoms with Gasteiger partial charge in [-0.15, -0.1) is 0 Å². The van der Waals surface area contributed by atoms with E-state index in [4.69, 9.17) is 9.84 Å². The zero-order valence-electron chi connectivity index (χ0n) is 33.4. The van der Waals surface area contributed by atoms with Crippen molar-refractivity contribution in [2.75, 3.05) is 13.2 Å². The Morgan fingerprint density at radius 1 is 0.558 bits per heavy atom. The minimum Gasteiger partial charge on any atom is -0.481 e. The molecule has 0 spiro atoms. The SMILES string of the molecule is CCCCCCCCCCCCCCCCCC(=O)N(CCCCCCCCCCCC)[C@@H]1O[C@H](CO)[C@@H](O)[C@H](O)[C@H]1NC(=O)CCCCC(=O)O. The molecule has 52 heavy (non-hydrogen) atoms. The smallest absolute Gasteiger partial charge is 0.303 e. The number of aliphatic hydroxyl groups excluding tert-OH is 3. The first kappa shape index (κ1) is 48.3. The van der Waals surface area contributed by atoms with Gasteiger partial charge in [-0.25, -0.2) is 0 Å². The number of hydrogen-bond acceptors (Lipinski definition) is 7. The van der Waals surface area contributed by atoms with E-state index in [9.17, 15) is 29.7 Å². The summed E-state index contributed by atoms with van der Waals surface area (Å²) in [6.45, 7) is 4.34. The van der Waals surface area contributed by atoms with Gasteiger partial charge in [0.05, 0.1) is 6.61 Å². The fraction of sp³-hybridized carbons (Fsp3) is 0.929. The predicted octanol–water partition coefficient (Wildman–Crippen LogP) is 8.57. The van der Waals surface area contributed by atoms with Crippen LogP contribution in [-0.4, -0.2) is 86.8 Å². The number of aliphatic carboxylic acids is 1. The molecule has 0 saturated carbocycles. The summed E-state index contributed by atoms with van der Waals surface area (Å²) in [5, 5.41) is 43.5. The number of amides is 2. The molecule has 10 nitrogen and oxygen atoms in total. The molecule has 0 bridgehead atoms. The number of hydrogen-bond donors (Lipinski definition) is 5. The molecule has 1 aliphatic heterocycles. The highest BCUT2D eigenvalue weighted by Crippen LogP contribution is 2.26. The lowest BCUT2D eigenvalue weighted by Gasteiger charge is -2.47. The third-order valence-corrected chi connectivity index (χ3v) is 10.6. The summed E-state index contributed by atoms with van der Waals surface area (Å²) in [4.78, 5) is 39.2. The van der Waals surface area contributed by atoms with E-state index in [1.54, 1.807) is 4.90 Å². The molecule has 5 N–H and O–H groups in total. The summed E-state index contributed by atoms with van der Waals surface area (Å²) in [5.74, 6) is -1.45. The van der Waals surface area contributed by atoms with Gasteiger partial charge in [-0.05, 0) is 25.7 Å². The third kappa shape index (κ3) is 23.1. The molecule has 306 valence electrons. The Morgan fingerprint density at radius 2 is 0.962 bits per heavy atom. The third-order valence-electron chi connectivity index (χ3n) is 10.6. The van der Waals surface area contributed by atoms with E-state index in [-0.39, 0.29) is 18.7 Å². The highest BCUT2D eigenvalue weighted by molar-refractivity contribution is 5.78. The van der Waals surface area contributed by atoms with Gasteiger partial charge in [0.25, 0.3) is 0 Å². The van der Waals surface area contributed by atoms with Crippen molar-refractivity contribution in [2.24, 2.45) is 0 Å². The summed E-state index contributed by atoms with van der Waals surface area (Å²) >= 11 is 0. The van der Waals surface area contributed by atoms with Crippen molar-refractivity contribution in [2.45, 2.75) is 237 Å². The van der Waals surface area contributed by atoms with Crippen LogP contribution >= 0.6 is 0 Å². The standard InChI is InChI=1S/C42H80N2O8/c1-3-5-7-9-11-13-15-16-17-18-19-20-22-24-26-31-37(47)44(33-29-25-23-21-14-12-10-8-6-4-2)42-39(41(51)40(50)35(34-45)52-42)43-36(46)30-27-28-32-38(48)49/h35,39-42,45,50-51H,3-34H2,1-2H3,(H,43,46)(H,48,49)/t35-,39-,40-,41-,42-/m1/s1. The van der Waals surface area contributed by atoms with E-state index >= 15 is 0 Å². The minimum atomic E-state index is -1.45. The molecular weight excluding hydrogens is 660 g/mol. The molecule has 1 saturated heterocycles. The molecule has 0 aliphatic carbocycles. The van der Waals surface area contributed by atoms with Gasteiger partial charge in [-0.1, -0.05) is 162 Å². The molecule has 1 rings (SSSR count). The van der Waals surface area contributed by atoms with Crippen molar-refractivity contribution in [3.63, 3.8) is 0 Å². The lowest BCUT2D eigenvalue weighted by atomic mass is 9.94. The van der Waals surface area contributed by atoms with Crippen molar-refractivity contribution in [3.05, 3.63) is 0 Å². The van der Waals surface area contributed by atoms with E-state index in [1.165, 1.54) is 116 Å². The minimum absolute atomic E-state index is 0.0393. The van der Waals surface area contributed by atoms with Crippen LogP contribution in [-0.2, 0) is 19.1 Å². The van der Waals surface area contributed by atoms with Gasteiger partial charge in [-0.2, -0.15) is 0 Å². The maximum absolute atomic E-state index is 13.8. The number of rotatable bonds is 35. The zero-order valence-corrected chi connectivity index (χ0v) is 33.4. The molecule has 1 aliphatic rings. The summed E-state index contributed by atoms with van der Waals surface area (Å²) < 4.78 is 6.10. The molecular formula is C42H80N2O8. The van der Waals surface area contributed by atoms with E-state index in [2.05, 4.69) is 19.2 Å². The Hall–Kier alpha value is -1.75. The van der Waals surface area contributed by atoms with Crippen molar-refractivity contribution in [3.8, 4) is 0 Å². The number of carboxylic acid groups (broad SMARTS) is 1. The molecule has 0 aromatic rings. The fourth-order valence-electron chi connectivity index (χ4n) is 7.29. The monoisotopic (exact) mass is 741 g/mol. The van der Waals surface area contributed by atoms with E-state index < -0.39 is 49.1 Å². The lowest BCUT2D eigenvalue weighted by molar-refractivity contribution is -0.231. The van der Waals surface area contributed by atoms with Crippen LogP contribution in [0.3, 0.4) is 0 Å². The molecule has 0 unspecified atom stereocenters. The average molecular weight is 741 g/mol. The summed E-state index contributed by atoms with van der Waals surface area (Å²) in [6.07, 6.45) is 26.1. The number of carboxylic acids is 1. The van der Waals surface area contributed by atoms with Crippen LogP contribution in [0.1, 0.15) is 206 Å². The van der Waals surface area contributed by atoms with Gasteiger partial charge in [-0.3, -0.25) is 14.4 Å². The molecule has 0 aromatic heterocycles. The van der Waals surface area contributed by atoms with Gasteiger partial charge >= 0.3 is 5.97 Å². The highest BCUT2D eigenvalue weighted by atomic mass is 16.5. The van der Waals surface area contributed by atoms with Crippen LogP contribution in [0.25, 0.3) is 0 Å². The number of nitrogens with one attached hydrogen (secondary N) is 1. The maximum Gasteiger partial charge on any atom is 0.303 e. The van der Waals surface area contributed by atoms with E-state index in [1.807, 2.05) is 0 Å². The van der Waals surface area contributed by atoms with Crippen LogP contribution in [0.15, 0.2) is 0 Å². The second-order valence-electron chi connectivity index (χ2n) is 15.4. The molecule has 5 atom stereocenters. The van der Waals surface area contributed by atoms with E-state index in [0.717, 1.165) is 44.9 Å². The first-order chi connectivity index (χ1) is 25.3. The van der Waals surface area contributed by atoms with Gasteiger partial charge < -0.3 is 35.4 Å². The van der Waals surface area contributed by atoms with Crippen LogP contribution in [0.2, 0.25) is 0 Å². The number of unbranched alkanes of at least 4 members (excludes halogenated alkanes) is 24. The Kier molecular flexibility index (Phi) is 30.3. The first-order valence-electron chi connectivity index (χ1n) is 21.7. The Balaban J connectivity index is 2.70. The quantitative estimate of drug-likeness (QED) is 0.0405. The van der Waals surface area contributed by atoms with Crippen molar-refractivity contribution >= 4 is 17.8 Å². The summed E-state index contributed by atoms with van der Waals surface area (Å²) in [6, 6.07) is -1.09. The normalized spacial score (nSPS) is 20.2. The number of nitrogens with zero attached hydrogens (tertiary/aromatic N) is 1. The second-order valence-corrected chi connectivity index (χ2v) is 15.4. The number of carbonyl (C=O) groups is 3. The van der Waals surface area contributed by atoms with Gasteiger partial charge in [0.2, 0.25) is 11.8 Å². The lowest BCUT2D eigenvalue weighted by Crippen LogP contribution is -2.68. The first-order valence-corrected chi connectivity index (χ1v) is 21.7. The van der Waals surface area contributed by atoms with Crippen LogP contribution < -0.4 is 5.32 Å². The van der Waals surface area contributed by atoms with Gasteiger partial charge in [0.1, 0.15) is 24.4 Å². The van der Waals surface area contributed by atoms with Crippen LogP contribution in [0.5, 0.6) is 0 Å². The molecule has 10 heteroatoms. The van der Waals surface area contributed by atoms with Crippen molar-refractivity contribution < 1.29 is 39.5 Å². The highest BCUT2D eigenvalue weighted by Gasteiger charge is 2.48. The van der Waals surface area contributed by atoms with Gasteiger partial charge in [0.15, 0.2) is 6.23 Å². The molecule has 1 fully saturated rings. The Labute approximate surface area is 317 Å². The summed E-state index contributed by atoms with van der Waals surface area (Å²) in [7, 11) is 0. The van der Waals surface area contributed by atoms with E-state index in [0.29, 0.717) is 25.8 Å². The number of carbonyl (C=O) groups excluding carboxylic acids is 2. The van der Waals surface area contributed by atoms with Gasteiger partial charge in [0, 0.05) is 25.8 Å². The molecule has 0 aromatic carbocycles. The molecule has 0 radical (unpaired) electrons.